The average molecular weight is 233 g/mol. The summed E-state index contributed by atoms with van der Waals surface area (Å²) in [6.45, 7) is 1.77. The van der Waals surface area contributed by atoms with E-state index in [2.05, 4.69) is 0 Å². The molecule has 0 saturated carbocycles. The van der Waals surface area contributed by atoms with E-state index in [1.54, 1.807) is 18.2 Å². The maximum Gasteiger partial charge on any atom is 0.226 e. The molecule has 1 saturated heterocycles. The molecule has 0 aliphatic carbocycles. The SMILES string of the molecule is O=C(Cc1cccc(O)c1)N1CCCCCC1. The van der Waals surface area contributed by atoms with Gasteiger partial charge in [0, 0.05) is 13.1 Å². The lowest BCUT2D eigenvalue weighted by Gasteiger charge is -2.20. The largest absolute Gasteiger partial charge is 0.508 e. The second-order valence-corrected chi connectivity index (χ2v) is 4.64. The second kappa shape index (κ2) is 5.71. The van der Waals surface area contributed by atoms with Crippen molar-refractivity contribution in [1.82, 2.24) is 4.90 Å². The van der Waals surface area contributed by atoms with E-state index >= 15 is 0 Å². The van der Waals surface area contributed by atoms with Gasteiger partial charge in [0.05, 0.1) is 6.42 Å². The molecule has 1 amide bonds. The monoisotopic (exact) mass is 233 g/mol. The van der Waals surface area contributed by atoms with Crippen molar-refractivity contribution >= 4 is 5.91 Å². The highest BCUT2D eigenvalue weighted by atomic mass is 16.3. The lowest BCUT2D eigenvalue weighted by atomic mass is 10.1. The first-order chi connectivity index (χ1) is 8.25. The number of phenols is 1. The summed E-state index contributed by atoms with van der Waals surface area (Å²) in [5.41, 5.74) is 0.888. The molecule has 0 spiro atoms. The maximum absolute atomic E-state index is 12.1. The fraction of sp³-hybridized carbons (Fsp3) is 0.500. The van der Waals surface area contributed by atoms with Gasteiger partial charge in [-0.3, -0.25) is 4.79 Å². The Balaban J connectivity index is 1.95. The molecule has 1 fully saturated rings. The van der Waals surface area contributed by atoms with E-state index in [1.807, 2.05) is 11.0 Å². The summed E-state index contributed by atoms with van der Waals surface area (Å²) in [7, 11) is 0. The van der Waals surface area contributed by atoms with Crippen molar-refractivity contribution in [2.75, 3.05) is 13.1 Å². The summed E-state index contributed by atoms with van der Waals surface area (Å²) in [6.07, 6.45) is 5.10. The Morgan fingerprint density at radius 1 is 1.18 bits per heavy atom. The number of nitrogens with zero attached hydrogens (tertiary/aromatic N) is 1. The standard InChI is InChI=1S/C14H19NO2/c16-13-7-5-6-12(10-13)11-14(17)15-8-3-1-2-4-9-15/h5-7,10,16H,1-4,8-9,11H2. The minimum absolute atomic E-state index is 0.178. The molecule has 2 rings (SSSR count). The van der Waals surface area contributed by atoms with E-state index in [-0.39, 0.29) is 11.7 Å². The van der Waals surface area contributed by atoms with Crippen molar-refractivity contribution in [3.8, 4) is 5.75 Å². The van der Waals surface area contributed by atoms with Crippen LogP contribution in [0.2, 0.25) is 0 Å². The summed E-state index contributed by atoms with van der Waals surface area (Å²) < 4.78 is 0. The number of rotatable bonds is 2. The van der Waals surface area contributed by atoms with Gasteiger partial charge in [-0.25, -0.2) is 0 Å². The minimum atomic E-state index is 0.178. The van der Waals surface area contributed by atoms with Crippen LogP contribution >= 0.6 is 0 Å². The number of carbonyl (C=O) groups is 1. The van der Waals surface area contributed by atoms with Crippen molar-refractivity contribution in [3.05, 3.63) is 29.8 Å². The first kappa shape index (κ1) is 12.0. The molecule has 1 aromatic carbocycles. The van der Waals surface area contributed by atoms with Gasteiger partial charge in [-0.1, -0.05) is 25.0 Å². The van der Waals surface area contributed by atoms with Gasteiger partial charge in [0.1, 0.15) is 5.75 Å². The quantitative estimate of drug-likeness (QED) is 0.851. The van der Waals surface area contributed by atoms with Gasteiger partial charge in [-0.15, -0.1) is 0 Å². The van der Waals surface area contributed by atoms with E-state index < -0.39 is 0 Å². The van der Waals surface area contributed by atoms with Crippen LogP contribution in [0.25, 0.3) is 0 Å². The highest BCUT2D eigenvalue weighted by Crippen LogP contribution is 2.14. The molecule has 0 atom stereocenters. The molecule has 0 radical (unpaired) electrons. The molecule has 1 aliphatic heterocycles. The lowest BCUT2D eigenvalue weighted by Crippen LogP contribution is -2.33. The van der Waals surface area contributed by atoms with E-state index in [1.165, 1.54) is 12.8 Å². The van der Waals surface area contributed by atoms with Crippen LogP contribution in [0.1, 0.15) is 31.2 Å². The van der Waals surface area contributed by atoms with Gasteiger partial charge in [0.25, 0.3) is 0 Å². The van der Waals surface area contributed by atoms with Gasteiger partial charge in [0.15, 0.2) is 0 Å². The third-order valence-corrected chi connectivity index (χ3v) is 3.22. The molecule has 3 heteroatoms. The summed E-state index contributed by atoms with van der Waals surface area (Å²) in [6, 6.07) is 6.95. The van der Waals surface area contributed by atoms with Gasteiger partial charge in [-0.2, -0.15) is 0 Å². The molecule has 17 heavy (non-hydrogen) atoms. The zero-order chi connectivity index (χ0) is 12.1. The Hall–Kier alpha value is -1.51. The van der Waals surface area contributed by atoms with Crippen LogP contribution in [0.3, 0.4) is 0 Å². The molecule has 0 unspecified atom stereocenters. The van der Waals surface area contributed by atoms with Crippen molar-refractivity contribution < 1.29 is 9.90 Å². The molecule has 1 aromatic rings. The van der Waals surface area contributed by atoms with Crippen LogP contribution in [-0.2, 0) is 11.2 Å². The molecule has 1 N–H and O–H groups in total. The van der Waals surface area contributed by atoms with Crippen LogP contribution in [0.5, 0.6) is 5.75 Å². The molecule has 92 valence electrons. The van der Waals surface area contributed by atoms with E-state index in [9.17, 15) is 9.90 Å². The Bertz CT molecular complexity index is 382. The molecule has 1 heterocycles. The van der Waals surface area contributed by atoms with Crippen LogP contribution in [0.4, 0.5) is 0 Å². The number of likely N-dealkylation sites (tertiary alicyclic amines) is 1. The topological polar surface area (TPSA) is 40.5 Å². The van der Waals surface area contributed by atoms with Gasteiger partial charge >= 0.3 is 0 Å². The summed E-state index contributed by atoms with van der Waals surface area (Å²) in [5, 5.41) is 9.36. The normalized spacial score (nSPS) is 16.6. The van der Waals surface area contributed by atoms with Crippen molar-refractivity contribution in [2.45, 2.75) is 32.1 Å². The predicted molar refractivity (Wildman–Crippen MR) is 66.9 cm³/mol. The number of phenolic OH excluding ortho intramolecular Hbond substituents is 1. The van der Waals surface area contributed by atoms with E-state index in [4.69, 9.17) is 0 Å². The van der Waals surface area contributed by atoms with Crippen LogP contribution in [0, 0.1) is 0 Å². The third-order valence-electron chi connectivity index (χ3n) is 3.22. The Morgan fingerprint density at radius 3 is 2.53 bits per heavy atom. The fourth-order valence-corrected chi connectivity index (χ4v) is 2.27. The first-order valence-corrected chi connectivity index (χ1v) is 6.31. The van der Waals surface area contributed by atoms with Gasteiger partial charge < -0.3 is 10.0 Å². The highest BCUT2D eigenvalue weighted by molar-refractivity contribution is 5.78. The van der Waals surface area contributed by atoms with Crippen molar-refractivity contribution in [1.29, 1.82) is 0 Å². The smallest absolute Gasteiger partial charge is 0.226 e. The molecule has 0 aromatic heterocycles. The molecular formula is C14H19NO2. The number of hydrogen-bond acceptors (Lipinski definition) is 2. The third kappa shape index (κ3) is 3.48. The summed E-state index contributed by atoms with van der Waals surface area (Å²) in [4.78, 5) is 14.0. The van der Waals surface area contributed by atoms with Crippen molar-refractivity contribution in [2.24, 2.45) is 0 Å². The Kier molecular flexibility index (Phi) is 4.02. The summed E-state index contributed by atoms with van der Waals surface area (Å²) >= 11 is 0. The zero-order valence-corrected chi connectivity index (χ0v) is 10.1. The highest BCUT2D eigenvalue weighted by Gasteiger charge is 2.15. The molecule has 1 aliphatic rings. The van der Waals surface area contributed by atoms with E-state index in [0.29, 0.717) is 6.42 Å². The number of carbonyl (C=O) groups excluding carboxylic acids is 1. The van der Waals surface area contributed by atoms with Gasteiger partial charge in [-0.05, 0) is 30.5 Å². The first-order valence-electron chi connectivity index (χ1n) is 6.31. The molecule has 3 nitrogen and oxygen atoms in total. The average Bonchev–Trinajstić information content (AvgIpc) is 2.57. The number of amides is 1. The second-order valence-electron chi connectivity index (χ2n) is 4.64. The van der Waals surface area contributed by atoms with Crippen LogP contribution in [0.15, 0.2) is 24.3 Å². The predicted octanol–water partition coefficient (Wildman–Crippen LogP) is 2.34. The zero-order valence-electron chi connectivity index (χ0n) is 10.1. The minimum Gasteiger partial charge on any atom is -0.508 e. The fourth-order valence-electron chi connectivity index (χ4n) is 2.27. The number of aromatic hydroxyl groups is 1. The van der Waals surface area contributed by atoms with Gasteiger partial charge in [0.2, 0.25) is 5.91 Å². The lowest BCUT2D eigenvalue weighted by molar-refractivity contribution is -0.130. The van der Waals surface area contributed by atoms with Crippen molar-refractivity contribution in [3.63, 3.8) is 0 Å². The van der Waals surface area contributed by atoms with Crippen LogP contribution < -0.4 is 0 Å². The van der Waals surface area contributed by atoms with E-state index in [0.717, 1.165) is 31.5 Å². The maximum atomic E-state index is 12.1. The molecule has 0 bridgehead atoms. The number of benzene rings is 1. The molecular weight excluding hydrogens is 214 g/mol. The number of hydrogen-bond donors (Lipinski definition) is 1. The summed E-state index contributed by atoms with van der Waals surface area (Å²) in [5.74, 6) is 0.406. The Morgan fingerprint density at radius 2 is 1.88 bits per heavy atom. The van der Waals surface area contributed by atoms with Crippen LogP contribution in [-0.4, -0.2) is 29.0 Å². The Labute approximate surface area is 102 Å².